The summed E-state index contributed by atoms with van der Waals surface area (Å²) in [6, 6.07) is 6.65. The number of rotatable bonds is 2. The van der Waals surface area contributed by atoms with E-state index in [1.165, 1.54) is 37.8 Å². The molecule has 22 heavy (non-hydrogen) atoms. The molecule has 1 aliphatic heterocycles. The summed E-state index contributed by atoms with van der Waals surface area (Å²) < 4.78 is 13.0. The van der Waals surface area contributed by atoms with Gasteiger partial charge in [0.15, 0.2) is 0 Å². The number of hydrogen-bond acceptors (Lipinski definition) is 2. The van der Waals surface area contributed by atoms with Crippen molar-refractivity contribution in [3.8, 4) is 0 Å². The summed E-state index contributed by atoms with van der Waals surface area (Å²) in [5.74, 6) is 1.61. The highest BCUT2D eigenvalue weighted by Crippen LogP contribution is 2.46. The Balaban J connectivity index is 1.35. The van der Waals surface area contributed by atoms with E-state index < -0.39 is 0 Å². The van der Waals surface area contributed by atoms with Gasteiger partial charge in [-0.15, -0.1) is 0 Å². The molecule has 2 aliphatic carbocycles. The molecule has 0 N–H and O–H groups in total. The van der Waals surface area contributed by atoms with E-state index >= 15 is 0 Å². The minimum absolute atomic E-state index is 0.0348. The van der Waals surface area contributed by atoms with Crippen LogP contribution in [0.2, 0.25) is 0 Å². The Morgan fingerprint density at radius 3 is 2.32 bits per heavy atom. The molecular weight excluding hydrogens is 279 g/mol. The fraction of sp³-hybridized carbons (Fsp3) is 0.611. The number of benzene rings is 1. The zero-order chi connectivity index (χ0) is 15.1. The molecular formula is C18H23FN2O. The molecule has 1 aromatic rings. The Hall–Kier alpha value is -1.42. The summed E-state index contributed by atoms with van der Waals surface area (Å²) in [7, 11) is 0. The summed E-state index contributed by atoms with van der Waals surface area (Å²) in [6.45, 7) is 3.57. The van der Waals surface area contributed by atoms with Gasteiger partial charge in [0, 0.05) is 37.8 Å². The summed E-state index contributed by atoms with van der Waals surface area (Å²) in [6.07, 6.45) is 5.64. The summed E-state index contributed by atoms with van der Waals surface area (Å²) in [4.78, 5) is 17.0. The van der Waals surface area contributed by atoms with Crippen LogP contribution < -0.4 is 0 Å². The second kappa shape index (κ2) is 5.65. The first kappa shape index (κ1) is 14.2. The van der Waals surface area contributed by atoms with Crippen LogP contribution in [-0.4, -0.2) is 47.9 Å². The molecule has 118 valence electrons. The SMILES string of the molecule is O=C(c1ccc(F)cc1)N1CCN([C@@H]2C[C@H]3CC[C@@H]2C3)CC1. The van der Waals surface area contributed by atoms with Crippen LogP contribution in [0.25, 0.3) is 0 Å². The lowest BCUT2D eigenvalue weighted by molar-refractivity contribution is 0.0496. The summed E-state index contributed by atoms with van der Waals surface area (Å²) >= 11 is 0. The van der Waals surface area contributed by atoms with Gasteiger partial charge in [-0.3, -0.25) is 9.69 Å². The predicted molar refractivity (Wildman–Crippen MR) is 83.1 cm³/mol. The van der Waals surface area contributed by atoms with Gasteiger partial charge in [-0.2, -0.15) is 0 Å². The molecule has 1 heterocycles. The zero-order valence-electron chi connectivity index (χ0n) is 12.9. The van der Waals surface area contributed by atoms with Crippen LogP contribution in [0, 0.1) is 17.7 Å². The molecule has 0 radical (unpaired) electrons. The number of fused-ring (bicyclic) bond motifs is 2. The second-order valence-corrected chi connectivity index (χ2v) is 7.08. The topological polar surface area (TPSA) is 23.6 Å². The molecule has 3 atom stereocenters. The Bertz CT molecular complexity index is 551. The van der Waals surface area contributed by atoms with Crippen molar-refractivity contribution in [3.63, 3.8) is 0 Å². The van der Waals surface area contributed by atoms with Crippen LogP contribution >= 0.6 is 0 Å². The van der Waals surface area contributed by atoms with Crippen molar-refractivity contribution >= 4 is 5.91 Å². The fourth-order valence-electron chi connectivity index (χ4n) is 4.69. The minimum atomic E-state index is -0.294. The normalized spacial score (nSPS) is 31.7. The third kappa shape index (κ3) is 2.54. The Kier molecular flexibility index (Phi) is 3.65. The third-order valence-corrected chi connectivity index (χ3v) is 5.86. The number of nitrogens with zero attached hydrogens (tertiary/aromatic N) is 2. The fourth-order valence-corrected chi connectivity index (χ4v) is 4.69. The highest BCUT2D eigenvalue weighted by molar-refractivity contribution is 5.94. The zero-order valence-corrected chi connectivity index (χ0v) is 12.9. The standard InChI is InChI=1S/C18H23FN2O/c19-16-5-3-14(4-6-16)18(22)21-9-7-20(8-10-21)17-12-13-1-2-15(17)11-13/h3-6,13,15,17H,1-2,7-12H2/t13-,15+,17+/m0/s1. The maximum absolute atomic E-state index is 13.0. The molecule has 2 saturated carbocycles. The van der Waals surface area contributed by atoms with Gasteiger partial charge >= 0.3 is 0 Å². The third-order valence-electron chi connectivity index (χ3n) is 5.86. The highest BCUT2D eigenvalue weighted by Gasteiger charge is 2.42. The Morgan fingerprint density at radius 2 is 1.73 bits per heavy atom. The molecule has 1 amide bonds. The predicted octanol–water partition coefficient (Wildman–Crippen LogP) is 2.77. The van der Waals surface area contributed by atoms with Gasteiger partial charge in [0.1, 0.15) is 5.82 Å². The van der Waals surface area contributed by atoms with Crippen LogP contribution in [-0.2, 0) is 0 Å². The highest BCUT2D eigenvalue weighted by atomic mass is 19.1. The van der Waals surface area contributed by atoms with E-state index in [2.05, 4.69) is 4.90 Å². The van der Waals surface area contributed by atoms with Crippen molar-refractivity contribution in [3.05, 3.63) is 35.6 Å². The van der Waals surface area contributed by atoms with Crippen LogP contribution in [0.5, 0.6) is 0 Å². The average Bonchev–Trinajstić information content (AvgIpc) is 3.18. The van der Waals surface area contributed by atoms with Crippen molar-refractivity contribution in [2.24, 2.45) is 11.8 Å². The van der Waals surface area contributed by atoms with Crippen LogP contribution in [0.3, 0.4) is 0 Å². The van der Waals surface area contributed by atoms with Gasteiger partial charge in [0.25, 0.3) is 5.91 Å². The summed E-state index contributed by atoms with van der Waals surface area (Å²) in [5, 5.41) is 0. The first-order valence-electron chi connectivity index (χ1n) is 8.49. The number of carbonyl (C=O) groups excluding carboxylic acids is 1. The van der Waals surface area contributed by atoms with E-state index in [4.69, 9.17) is 0 Å². The quantitative estimate of drug-likeness (QED) is 0.839. The van der Waals surface area contributed by atoms with Crippen molar-refractivity contribution in [1.29, 1.82) is 0 Å². The maximum Gasteiger partial charge on any atom is 0.253 e. The number of halogens is 1. The molecule has 0 spiro atoms. The van der Waals surface area contributed by atoms with Gasteiger partial charge in [0.05, 0.1) is 0 Å². The minimum Gasteiger partial charge on any atom is -0.336 e. The van der Waals surface area contributed by atoms with Crippen LogP contribution in [0.1, 0.15) is 36.0 Å². The van der Waals surface area contributed by atoms with Gasteiger partial charge in [0.2, 0.25) is 0 Å². The molecule has 3 fully saturated rings. The lowest BCUT2D eigenvalue weighted by atomic mass is 9.93. The molecule has 1 aromatic carbocycles. The van der Waals surface area contributed by atoms with E-state index in [9.17, 15) is 9.18 Å². The van der Waals surface area contributed by atoms with Gasteiger partial charge in [-0.1, -0.05) is 6.42 Å². The van der Waals surface area contributed by atoms with Gasteiger partial charge in [-0.25, -0.2) is 4.39 Å². The van der Waals surface area contributed by atoms with Crippen molar-refractivity contribution in [1.82, 2.24) is 9.80 Å². The number of hydrogen-bond donors (Lipinski definition) is 0. The van der Waals surface area contributed by atoms with E-state index in [-0.39, 0.29) is 11.7 Å². The van der Waals surface area contributed by atoms with Gasteiger partial charge < -0.3 is 4.90 Å². The molecule has 4 heteroatoms. The van der Waals surface area contributed by atoms with E-state index in [1.807, 2.05) is 4.90 Å². The second-order valence-electron chi connectivity index (χ2n) is 7.08. The monoisotopic (exact) mass is 302 g/mol. The lowest BCUT2D eigenvalue weighted by Crippen LogP contribution is -2.53. The lowest BCUT2D eigenvalue weighted by Gasteiger charge is -2.41. The van der Waals surface area contributed by atoms with E-state index in [0.717, 1.165) is 44.1 Å². The molecule has 0 unspecified atom stereocenters. The first-order valence-corrected chi connectivity index (χ1v) is 8.49. The molecule has 2 bridgehead atoms. The van der Waals surface area contributed by atoms with E-state index in [1.54, 1.807) is 12.1 Å². The van der Waals surface area contributed by atoms with E-state index in [0.29, 0.717) is 5.56 Å². The van der Waals surface area contributed by atoms with Crippen molar-refractivity contribution in [2.75, 3.05) is 26.2 Å². The first-order chi connectivity index (χ1) is 10.7. The maximum atomic E-state index is 13.0. The Labute approximate surface area is 131 Å². The largest absolute Gasteiger partial charge is 0.336 e. The van der Waals surface area contributed by atoms with Crippen LogP contribution in [0.15, 0.2) is 24.3 Å². The number of carbonyl (C=O) groups is 1. The number of amides is 1. The molecule has 4 rings (SSSR count). The summed E-state index contributed by atoms with van der Waals surface area (Å²) in [5.41, 5.74) is 0.592. The van der Waals surface area contributed by atoms with Crippen molar-refractivity contribution < 1.29 is 9.18 Å². The van der Waals surface area contributed by atoms with Crippen molar-refractivity contribution in [2.45, 2.75) is 31.7 Å². The van der Waals surface area contributed by atoms with Crippen LogP contribution in [0.4, 0.5) is 4.39 Å². The average molecular weight is 302 g/mol. The Morgan fingerprint density at radius 1 is 1.00 bits per heavy atom. The van der Waals surface area contributed by atoms with Gasteiger partial charge in [-0.05, 0) is 55.4 Å². The number of piperazine rings is 1. The molecule has 3 nitrogen and oxygen atoms in total. The smallest absolute Gasteiger partial charge is 0.253 e. The molecule has 0 aromatic heterocycles. The molecule has 3 aliphatic rings. The molecule has 1 saturated heterocycles.